The summed E-state index contributed by atoms with van der Waals surface area (Å²) in [6.45, 7) is 2.64. The van der Waals surface area contributed by atoms with Crippen LogP contribution >= 0.6 is 15.9 Å². The molecule has 4 nitrogen and oxygen atoms in total. The second-order valence-electron chi connectivity index (χ2n) is 3.94. The number of nitrogens with zero attached hydrogens (tertiary/aromatic N) is 1. The van der Waals surface area contributed by atoms with Gasteiger partial charge in [-0.25, -0.2) is 4.79 Å². The zero-order valence-electron chi connectivity index (χ0n) is 10.2. The summed E-state index contributed by atoms with van der Waals surface area (Å²) in [7, 11) is 1.26. The molecule has 5 heteroatoms. The monoisotopic (exact) mass is 311 g/mol. The zero-order chi connectivity index (χ0) is 13.3. The number of fused-ring (bicyclic) bond motifs is 1. The number of benzene rings is 1. The molecule has 0 aliphatic heterocycles. The lowest BCUT2D eigenvalue weighted by Crippen LogP contribution is -2.17. The van der Waals surface area contributed by atoms with Crippen LogP contribution in [-0.4, -0.2) is 22.8 Å². The fourth-order valence-corrected chi connectivity index (χ4v) is 2.41. The number of ether oxygens (including phenoxy) is 1. The first-order valence-corrected chi connectivity index (χ1v) is 6.42. The fraction of sp³-hybridized carbons (Fsp3) is 0.308. The highest BCUT2D eigenvalue weighted by Crippen LogP contribution is 2.27. The predicted octanol–water partition coefficient (Wildman–Crippen LogP) is 2.63. The quantitative estimate of drug-likeness (QED) is 0.887. The Morgan fingerprint density at radius 1 is 1.50 bits per heavy atom. The van der Waals surface area contributed by atoms with Crippen LogP contribution in [0, 0.1) is 0 Å². The van der Waals surface area contributed by atoms with E-state index in [9.17, 15) is 9.90 Å². The Morgan fingerprint density at radius 2 is 2.22 bits per heavy atom. The summed E-state index contributed by atoms with van der Waals surface area (Å²) < 4.78 is 7.44. The molecule has 1 aromatic heterocycles. The van der Waals surface area contributed by atoms with Gasteiger partial charge in [-0.05, 0) is 25.1 Å². The van der Waals surface area contributed by atoms with Crippen molar-refractivity contribution < 1.29 is 14.6 Å². The van der Waals surface area contributed by atoms with E-state index in [1.54, 1.807) is 0 Å². The van der Waals surface area contributed by atoms with Crippen molar-refractivity contribution in [3.63, 3.8) is 0 Å². The van der Waals surface area contributed by atoms with Crippen molar-refractivity contribution in [2.75, 3.05) is 7.11 Å². The Hall–Kier alpha value is -1.33. The van der Waals surface area contributed by atoms with Crippen molar-refractivity contribution in [3.05, 3.63) is 34.4 Å². The largest absolute Gasteiger partial charge is 0.467 e. The second-order valence-corrected chi connectivity index (χ2v) is 4.86. The molecule has 1 atom stereocenters. The highest BCUT2D eigenvalue weighted by Gasteiger charge is 2.22. The van der Waals surface area contributed by atoms with E-state index in [4.69, 9.17) is 0 Å². The van der Waals surface area contributed by atoms with Crippen molar-refractivity contribution in [2.24, 2.45) is 0 Å². The molecule has 0 aliphatic rings. The first-order chi connectivity index (χ1) is 8.58. The standard InChI is InChI=1S/C13H14BrNO3/c1-3-15-10-7-9(14)5-4-8(10)6-11(15)12(16)13(17)18-2/h4-7,12,16H,3H2,1-2H3. The molecule has 0 fully saturated rings. The van der Waals surface area contributed by atoms with Crippen LogP contribution in [0.2, 0.25) is 0 Å². The van der Waals surface area contributed by atoms with Crippen LogP contribution in [0.3, 0.4) is 0 Å². The maximum atomic E-state index is 11.4. The molecule has 0 saturated carbocycles. The summed E-state index contributed by atoms with van der Waals surface area (Å²) in [5.74, 6) is -0.647. The lowest BCUT2D eigenvalue weighted by molar-refractivity contribution is -0.151. The van der Waals surface area contributed by atoms with Gasteiger partial charge in [0.2, 0.25) is 0 Å². The first kappa shape index (κ1) is 13.1. The number of hydrogen-bond acceptors (Lipinski definition) is 3. The third-order valence-electron chi connectivity index (χ3n) is 2.92. The van der Waals surface area contributed by atoms with E-state index in [-0.39, 0.29) is 0 Å². The number of aromatic nitrogens is 1. The molecule has 0 amide bonds. The average Bonchev–Trinajstić information content (AvgIpc) is 2.74. The van der Waals surface area contributed by atoms with Gasteiger partial charge in [0.05, 0.1) is 12.8 Å². The summed E-state index contributed by atoms with van der Waals surface area (Å²) in [5, 5.41) is 10.9. The second kappa shape index (κ2) is 5.12. The summed E-state index contributed by atoms with van der Waals surface area (Å²) in [4.78, 5) is 11.4. The van der Waals surface area contributed by atoms with E-state index in [1.165, 1.54) is 7.11 Å². The minimum atomic E-state index is -1.25. The van der Waals surface area contributed by atoms with Crippen LogP contribution in [0.15, 0.2) is 28.7 Å². The van der Waals surface area contributed by atoms with Crippen molar-refractivity contribution in [3.8, 4) is 0 Å². The molecule has 0 radical (unpaired) electrons. The number of hydrogen-bond donors (Lipinski definition) is 1. The van der Waals surface area contributed by atoms with Crippen LogP contribution in [0.1, 0.15) is 18.7 Å². The maximum Gasteiger partial charge on any atom is 0.340 e. The fourth-order valence-electron chi connectivity index (χ4n) is 2.06. The molecular weight excluding hydrogens is 298 g/mol. The Morgan fingerprint density at radius 3 is 2.83 bits per heavy atom. The van der Waals surface area contributed by atoms with Gasteiger partial charge in [0.1, 0.15) is 0 Å². The Balaban J connectivity index is 2.60. The smallest absolute Gasteiger partial charge is 0.340 e. The number of aliphatic hydroxyl groups excluding tert-OH is 1. The maximum absolute atomic E-state index is 11.4. The molecule has 0 saturated heterocycles. The normalized spacial score (nSPS) is 12.7. The highest BCUT2D eigenvalue weighted by atomic mass is 79.9. The van der Waals surface area contributed by atoms with E-state index in [1.807, 2.05) is 35.8 Å². The molecular formula is C13H14BrNO3. The van der Waals surface area contributed by atoms with E-state index < -0.39 is 12.1 Å². The van der Waals surface area contributed by atoms with E-state index in [2.05, 4.69) is 20.7 Å². The topological polar surface area (TPSA) is 51.5 Å². The van der Waals surface area contributed by atoms with Crippen LogP contribution < -0.4 is 0 Å². The lowest BCUT2D eigenvalue weighted by Gasteiger charge is -2.12. The molecule has 2 aromatic rings. The SMILES string of the molecule is CCn1c(C(O)C(=O)OC)cc2ccc(Br)cc21. The first-order valence-electron chi connectivity index (χ1n) is 5.63. The third-order valence-corrected chi connectivity index (χ3v) is 3.41. The third kappa shape index (κ3) is 2.15. The molecule has 1 aromatic carbocycles. The van der Waals surface area contributed by atoms with Gasteiger partial charge in [0.15, 0.2) is 6.10 Å². The Labute approximate surface area is 113 Å². The Bertz CT molecular complexity index is 591. The zero-order valence-corrected chi connectivity index (χ0v) is 11.8. The summed E-state index contributed by atoms with van der Waals surface area (Å²) in [6.07, 6.45) is -1.25. The number of halogens is 1. The summed E-state index contributed by atoms with van der Waals surface area (Å²) in [6, 6.07) is 7.65. The number of methoxy groups -OCH3 is 1. The highest BCUT2D eigenvalue weighted by molar-refractivity contribution is 9.10. The number of esters is 1. The van der Waals surface area contributed by atoms with Gasteiger partial charge in [-0.2, -0.15) is 0 Å². The summed E-state index contributed by atoms with van der Waals surface area (Å²) >= 11 is 3.42. The molecule has 0 spiro atoms. The number of rotatable bonds is 3. The van der Waals surface area contributed by atoms with Crippen molar-refractivity contribution in [1.29, 1.82) is 0 Å². The van der Waals surface area contributed by atoms with Crippen LogP contribution in [0.5, 0.6) is 0 Å². The predicted molar refractivity (Wildman–Crippen MR) is 72.3 cm³/mol. The van der Waals surface area contributed by atoms with Gasteiger partial charge in [-0.3, -0.25) is 0 Å². The number of aryl methyl sites for hydroxylation is 1. The van der Waals surface area contributed by atoms with Crippen LogP contribution in [-0.2, 0) is 16.1 Å². The van der Waals surface area contributed by atoms with E-state index >= 15 is 0 Å². The lowest BCUT2D eigenvalue weighted by atomic mass is 10.2. The molecule has 96 valence electrons. The number of aliphatic hydroxyl groups is 1. The molecule has 1 heterocycles. The minimum absolute atomic E-state index is 0.553. The van der Waals surface area contributed by atoms with Gasteiger partial charge < -0.3 is 14.4 Å². The van der Waals surface area contributed by atoms with Crippen LogP contribution in [0.4, 0.5) is 0 Å². The van der Waals surface area contributed by atoms with Crippen molar-refractivity contribution in [1.82, 2.24) is 4.57 Å². The van der Waals surface area contributed by atoms with Gasteiger partial charge in [0.25, 0.3) is 0 Å². The molecule has 18 heavy (non-hydrogen) atoms. The van der Waals surface area contributed by atoms with Gasteiger partial charge in [0, 0.05) is 21.9 Å². The molecule has 1 N–H and O–H groups in total. The van der Waals surface area contributed by atoms with Gasteiger partial charge in [-0.1, -0.05) is 22.0 Å². The number of carbonyl (C=O) groups is 1. The van der Waals surface area contributed by atoms with E-state index in [0.29, 0.717) is 12.2 Å². The van der Waals surface area contributed by atoms with Crippen molar-refractivity contribution in [2.45, 2.75) is 19.6 Å². The van der Waals surface area contributed by atoms with Crippen molar-refractivity contribution >= 4 is 32.8 Å². The summed E-state index contributed by atoms with van der Waals surface area (Å²) in [5.41, 5.74) is 1.53. The molecule has 0 bridgehead atoms. The van der Waals surface area contributed by atoms with Gasteiger partial charge >= 0.3 is 5.97 Å². The van der Waals surface area contributed by atoms with Gasteiger partial charge in [-0.15, -0.1) is 0 Å². The van der Waals surface area contributed by atoms with Crippen LogP contribution in [0.25, 0.3) is 10.9 Å². The Kier molecular flexibility index (Phi) is 3.73. The minimum Gasteiger partial charge on any atom is -0.467 e. The molecule has 1 unspecified atom stereocenters. The average molecular weight is 312 g/mol. The molecule has 0 aliphatic carbocycles. The number of carbonyl (C=O) groups excluding carboxylic acids is 1. The molecule has 2 rings (SSSR count). The van der Waals surface area contributed by atoms with E-state index in [0.717, 1.165) is 15.4 Å².